The van der Waals surface area contributed by atoms with Crippen LogP contribution in [0.1, 0.15) is 5.56 Å². The molecule has 0 heterocycles. The molecule has 0 atom stereocenters. The van der Waals surface area contributed by atoms with Gasteiger partial charge >= 0.3 is 5.97 Å². The number of aryl methyl sites for hydroxylation is 1. The molecule has 7 heteroatoms. The van der Waals surface area contributed by atoms with Crippen LogP contribution >= 0.6 is 0 Å². The number of aliphatic carboxylic acids is 1. The fourth-order valence-corrected chi connectivity index (χ4v) is 2.01. The van der Waals surface area contributed by atoms with Gasteiger partial charge in [0, 0.05) is 6.08 Å². The van der Waals surface area contributed by atoms with E-state index in [1.54, 1.807) is 18.2 Å². The highest BCUT2D eigenvalue weighted by Gasteiger charge is 1.97. The van der Waals surface area contributed by atoms with E-state index in [1.807, 2.05) is 61.5 Å². The molecule has 0 bridgehead atoms. The lowest BCUT2D eigenvalue weighted by molar-refractivity contribution is -0.131. The van der Waals surface area contributed by atoms with Gasteiger partial charge in [-0.25, -0.2) is 4.79 Å². The zero-order valence-corrected chi connectivity index (χ0v) is 15.8. The van der Waals surface area contributed by atoms with Crippen molar-refractivity contribution in [2.24, 2.45) is 20.5 Å². The molecular formula is C22H20N4O3. The Morgan fingerprint density at radius 1 is 0.793 bits per heavy atom. The summed E-state index contributed by atoms with van der Waals surface area (Å²) in [5, 5.41) is 33.8. The van der Waals surface area contributed by atoms with Gasteiger partial charge in [-0.05, 0) is 67.1 Å². The molecule has 29 heavy (non-hydrogen) atoms. The molecule has 0 fully saturated rings. The van der Waals surface area contributed by atoms with Crippen molar-refractivity contribution in [1.82, 2.24) is 0 Å². The molecule has 146 valence electrons. The number of phenols is 1. The normalized spacial score (nSPS) is 10.5. The van der Waals surface area contributed by atoms with Gasteiger partial charge in [0.25, 0.3) is 0 Å². The number of carboxylic acids is 1. The molecule has 0 aliphatic heterocycles. The number of nitrogens with zero attached hydrogens (tertiary/aromatic N) is 4. The third-order valence-electron chi connectivity index (χ3n) is 3.52. The van der Waals surface area contributed by atoms with Crippen molar-refractivity contribution in [3.8, 4) is 5.75 Å². The molecule has 0 spiro atoms. The van der Waals surface area contributed by atoms with E-state index >= 15 is 0 Å². The molecule has 0 aromatic heterocycles. The van der Waals surface area contributed by atoms with E-state index < -0.39 is 5.97 Å². The Balaban J connectivity index is 0.000000537. The van der Waals surface area contributed by atoms with Crippen molar-refractivity contribution in [3.05, 3.63) is 91.0 Å². The largest absolute Gasteiger partial charge is 0.508 e. The van der Waals surface area contributed by atoms with Gasteiger partial charge in [-0.3, -0.25) is 0 Å². The van der Waals surface area contributed by atoms with Gasteiger partial charge in [-0.2, -0.15) is 20.5 Å². The number of benzene rings is 3. The third-order valence-corrected chi connectivity index (χ3v) is 3.52. The van der Waals surface area contributed by atoms with Gasteiger partial charge < -0.3 is 10.2 Å². The number of hydrogen-bond donors (Lipinski definition) is 2. The Hall–Kier alpha value is -4.13. The quantitative estimate of drug-likeness (QED) is 0.371. The highest BCUT2D eigenvalue weighted by Crippen LogP contribution is 2.25. The van der Waals surface area contributed by atoms with E-state index in [4.69, 9.17) is 5.11 Å². The zero-order valence-electron chi connectivity index (χ0n) is 15.8. The van der Waals surface area contributed by atoms with Crippen molar-refractivity contribution in [3.63, 3.8) is 0 Å². The zero-order chi connectivity index (χ0) is 21.1. The maximum Gasteiger partial charge on any atom is 0.327 e. The summed E-state index contributed by atoms with van der Waals surface area (Å²) in [7, 11) is 0. The van der Waals surface area contributed by atoms with Crippen molar-refractivity contribution in [2.75, 3.05) is 0 Å². The van der Waals surface area contributed by atoms with Crippen molar-refractivity contribution in [1.29, 1.82) is 0 Å². The van der Waals surface area contributed by atoms with Crippen LogP contribution in [0.4, 0.5) is 22.7 Å². The lowest BCUT2D eigenvalue weighted by Gasteiger charge is -1.99. The molecule has 0 aliphatic rings. The molecule has 2 N–H and O–H groups in total. The first-order valence-corrected chi connectivity index (χ1v) is 8.61. The smallest absolute Gasteiger partial charge is 0.327 e. The molecule has 3 aromatic rings. The molecule has 3 aromatic carbocycles. The molecule has 0 aliphatic carbocycles. The van der Waals surface area contributed by atoms with Gasteiger partial charge in [0.05, 0.1) is 22.7 Å². The molecule has 0 amide bonds. The highest BCUT2D eigenvalue weighted by atomic mass is 16.4. The van der Waals surface area contributed by atoms with Crippen LogP contribution < -0.4 is 0 Å². The summed E-state index contributed by atoms with van der Waals surface area (Å²) in [5.41, 5.74) is 3.74. The van der Waals surface area contributed by atoms with E-state index in [0.717, 1.165) is 28.7 Å². The van der Waals surface area contributed by atoms with Crippen LogP contribution in [0.2, 0.25) is 0 Å². The van der Waals surface area contributed by atoms with Crippen LogP contribution in [0.3, 0.4) is 0 Å². The molecule has 0 saturated heterocycles. The Bertz CT molecular complexity index is 1010. The van der Waals surface area contributed by atoms with Gasteiger partial charge in [0.2, 0.25) is 0 Å². The van der Waals surface area contributed by atoms with Crippen LogP contribution in [0, 0.1) is 6.92 Å². The number of hydrogen-bond acceptors (Lipinski definition) is 6. The molecular weight excluding hydrogens is 368 g/mol. The minimum atomic E-state index is -0.981. The van der Waals surface area contributed by atoms with Gasteiger partial charge in [0.1, 0.15) is 5.75 Å². The monoisotopic (exact) mass is 388 g/mol. The first-order chi connectivity index (χ1) is 14.0. The molecule has 0 radical (unpaired) electrons. The third kappa shape index (κ3) is 7.56. The average Bonchev–Trinajstić information content (AvgIpc) is 2.75. The van der Waals surface area contributed by atoms with Crippen molar-refractivity contribution >= 4 is 28.7 Å². The standard InChI is InChI=1S/C19H16N4O.C3H4O2/c1-14-13-18(11-12-19(14)24)23-22-17-9-7-16(8-10-17)21-20-15-5-3-2-4-6-15;1-2-3(4)5/h2-13,24H,1H3;2H,1H2,(H,4,5)/b21-20+,23-22+;. The fourth-order valence-electron chi connectivity index (χ4n) is 2.01. The van der Waals surface area contributed by atoms with E-state index in [-0.39, 0.29) is 5.75 Å². The number of phenolic OH excluding ortho intramolecular Hbond substituents is 1. The Kier molecular flexibility index (Phi) is 7.95. The highest BCUT2D eigenvalue weighted by molar-refractivity contribution is 5.78. The summed E-state index contributed by atoms with van der Waals surface area (Å²) < 4.78 is 0. The van der Waals surface area contributed by atoms with Crippen LogP contribution in [0.5, 0.6) is 5.75 Å². The van der Waals surface area contributed by atoms with Crippen LogP contribution in [0.15, 0.2) is 106 Å². The minimum Gasteiger partial charge on any atom is -0.508 e. The first kappa shape index (κ1) is 21.2. The van der Waals surface area contributed by atoms with Crippen molar-refractivity contribution in [2.45, 2.75) is 6.92 Å². The number of azo groups is 2. The number of rotatable bonds is 5. The Morgan fingerprint density at radius 3 is 1.66 bits per heavy atom. The predicted octanol–water partition coefficient (Wildman–Crippen LogP) is 6.79. The van der Waals surface area contributed by atoms with Crippen LogP contribution in [-0.2, 0) is 4.79 Å². The second-order valence-electron chi connectivity index (χ2n) is 5.77. The maximum absolute atomic E-state index is 9.50. The molecule has 0 unspecified atom stereocenters. The van der Waals surface area contributed by atoms with Gasteiger partial charge in [0.15, 0.2) is 0 Å². The van der Waals surface area contributed by atoms with Crippen LogP contribution in [0.25, 0.3) is 0 Å². The Morgan fingerprint density at radius 2 is 1.21 bits per heavy atom. The second-order valence-corrected chi connectivity index (χ2v) is 5.77. The summed E-state index contributed by atoms with van der Waals surface area (Å²) in [5.74, 6) is -0.730. The van der Waals surface area contributed by atoms with Crippen LogP contribution in [-0.4, -0.2) is 16.2 Å². The van der Waals surface area contributed by atoms with Gasteiger partial charge in [-0.1, -0.05) is 24.8 Å². The summed E-state index contributed by atoms with van der Waals surface area (Å²) in [6.07, 6.45) is 0.833. The average molecular weight is 388 g/mol. The first-order valence-electron chi connectivity index (χ1n) is 8.61. The summed E-state index contributed by atoms with van der Waals surface area (Å²) >= 11 is 0. The Labute approximate surface area is 168 Å². The van der Waals surface area contributed by atoms with Crippen molar-refractivity contribution < 1.29 is 15.0 Å². The van der Waals surface area contributed by atoms with E-state index in [0.29, 0.717) is 5.69 Å². The van der Waals surface area contributed by atoms with Gasteiger partial charge in [-0.15, -0.1) is 0 Å². The summed E-state index contributed by atoms with van der Waals surface area (Å²) in [4.78, 5) is 9.25. The second kappa shape index (κ2) is 10.9. The van der Waals surface area contributed by atoms with E-state index in [2.05, 4.69) is 27.0 Å². The minimum absolute atomic E-state index is 0.252. The topological polar surface area (TPSA) is 107 Å². The summed E-state index contributed by atoms with van der Waals surface area (Å²) in [6.45, 7) is 4.78. The molecule has 0 saturated carbocycles. The number of aromatic hydroxyl groups is 1. The van der Waals surface area contributed by atoms with E-state index in [1.165, 1.54) is 0 Å². The molecule has 3 rings (SSSR count). The van der Waals surface area contributed by atoms with E-state index in [9.17, 15) is 9.90 Å². The number of carbonyl (C=O) groups is 1. The lowest BCUT2D eigenvalue weighted by atomic mass is 10.2. The molecule has 7 nitrogen and oxygen atoms in total. The maximum atomic E-state index is 9.50. The predicted molar refractivity (Wildman–Crippen MR) is 112 cm³/mol. The lowest BCUT2D eigenvalue weighted by Crippen LogP contribution is -1.82. The summed E-state index contributed by atoms with van der Waals surface area (Å²) in [6, 6.07) is 22.0. The number of carboxylic acid groups (broad SMARTS) is 1. The fraction of sp³-hybridized carbons (Fsp3) is 0.0455. The SMILES string of the molecule is C=CC(=O)O.Cc1cc(/N=N/c2ccc(/N=N/c3ccccc3)cc2)ccc1O.